The zero-order valence-corrected chi connectivity index (χ0v) is 24.0. The van der Waals surface area contributed by atoms with E-state index in [0.717, 1.165) is 54.1 Å². The first kappa shape index (κ1) is 26.3. The lowest BCUT2D eigenvalue weighted by atomic mass is 9.84. The first-order valence-corrected chi connectivity index (χ1v) is 14.7. The van der Waals surface area contributed by atoms with Gasteiger partial charge in [-0.15, -0.1) is 0 Å². The molecule has 40 heavy (non-hydrogen) atoms. The van der Waals surface area contributed by atoms with Gasteiger partial charge in [0.1, 0.15) is 22.7 Å². The average molecular weight is 553 g/mol. The maximum absolute atomic E-state index is 13.5. The number of nitrogens with zero attached hydrogens (tertiary/aromatic N) is 2. The predicted molar refractivity (Wildman–Crippen MR) is 164 cm³/mol. The molecule has 0 radical (unpaired) electrons. The Hall–Kier alpha value is -3.97. The van der Waals surface area contributed by atoms with Gasteiger partial charge in [-0.25, -0.2) is 4.79 Å². The highest BCUT2D eigenvalue weighted by Crippen LogP contribution is 2.58. The van der Waals surface area contributed by atoms with Crippen LogP contribution in [0, 0.1) is 0 Å². The van der Waals surface area contributed by atoms with E-state index in [-0.39, 0.29) is 5.12 Å². The molecule has 0 amide bonds. The third kappa shape index (κ3) is 4.11. The number of carbonyl (C=O) groups is 1. The number of anilines is 2. The van der Waals surface area contributed by atoms with E-state index >= 15 is 0 Å². The van der Waals surface area contributed by atoms with Crippen LogP contribution in [0.1, 0.15) is 54.7 Å². The minimum Gasteiger partial charge on any atom is -0.456 e. The molecule has 0 bridgehead atoms. The van der Waals surface area contributed by atoms with Crippen molar-refractivity contribution >= 4 is 45.0 Å². The first-order valence-electron chi connectivity index (χ1n) is 13.9. The van der Waals surface area contributed by atoms with Gasteiger partial charge in [-0.05, 0) is 63.6 Å². The van der Waals surface area contributed by atoms with E-state index in [0.29, 0.717) is 28.2 Å². The fourth-order valence-corrected chi connectivity index (χ4v) is 7.15. The molecule has 0 N–H and O–H groups in total. The summed E-state index contributed by atoms with van der Waals surface area (Å²) in [4.78, 5) is 31.2. The molecule has 1 aromatic heterocycles. The molecule has 3 heterocycles. The van der Waals surface area contributed by atoms with Crippen LogP contribution in [0.25, 0.3) is 16.7 Å². The fraction of sp³-hybridized carbons (Fsp3) is 0.273. The van der Waals surface area contributed by atoms with Crippen molar-refractivity contribution in [3.8, 4) is 5.75 Å². The maximum Gasteiger partial charge on any atom is 0.347 e. The third-order valence-corrected chi connectivity index (χ3v) is 9.25. The van der Waals surface area contributed by atoms with Gasteiger partial charge in [-0.1, -0.05) is 42.1 Å². The van der Waals surface area contributed by atoms with Gasteiger partial charge in [0.05, 0.1) is 4.75 Å². The minimum absolute atomic E-state index is 0.00125. The smallest absolute Gasteiger partial charge is 0.347 e. The number of ether oxygens (including phenoxy) is 1. The van der Waals surface area contributed by atoms with Crippen LogP contribution < -0.4 is 20.2 Å². The van der Waals surface area contributed by atoms with E-state index < -0.39 is 10.4 Å². The highest BCUT2D eigenvalue weighted by atomic mass is 32.2. The Labute approximate surface area is 238 Å². The molecule has 1 spiro atoms. The Balaban J connectivity index is 1.54. The van der Waals surface area contributed by atoms with E-state index in [9.17, 15) is 9.59 Å². The molecule has 6 nitrogen and oxygen atoms in total. The van der Waals surface area contributed by atoms with Crippen LogP contribution in [0.4, 0.5) is 11.4 Å². The van der Waals surface area contributed by atoms with Crippen LogP contribution in [-0.4, -0.2) is 31.3 Å². The highest BCUT2D eigenvalue weighted by Gasteiger charge is 2.48. The first-order chi connectivity index (χ1) is 19.4. The number of benzene rings is 3. The van der Waals surface area contributed by atoms with Gasteiger partial charge in [-0.3, -0.25) is 4.79 Å². The van der Waals surface area contributed by atoms with E-state index in [1.54, 1.807) is 0 Å². The van der Waals surface area contributed by atoms with Gasteiger partial charge >= 0.3 is 5.63 Å². The summed E-state index contributed by atoms with van der Waals surface area (Å²) in [6, 6.07) is 21.6. The predicted octanol–water partition coefficient (Wildman–Crippen LogP) is 7.05. The molecule has 4 aromatic rings. The zero-order valence-electron chi connectivity index (χ0n) is 23.2. The molecular weight excluding hydrogens is 520 g/mol. The summed E-state index contributed by atoms with van der Waals surface area (Å²) in [6.45, 7) is 11.9. The van der Waals surface area contributed by atoms with Crippen molar-refractivity contribution in [3.05, 3.63) is 105 Å². The summed E-state index contributed by atoms with van der Waals surface area (Å²) in [5, 5.41) is 0.809. The molecule has 0 fully saturated rings. The van der Waals surface area contributed by atoms with Crippen molar-refractivity contribution in [2.75, 3.05) is 36.0 Å². The summed E-state index contributed by atoms with van der Waals surface area (Å²) < 4.78 is 11.6. The van der Waals surface area contributed by atoms with Gasteiger partial charge in [0, 0.05) is 66.2 Å². The van der Waals surface area contributed by atoms with Crippen LogP contribution in [0.3, 0.4) is 0 Å². The minimum atomic E-state index is -0.813. The van der Waals surface area contributed by atoms with E-state index in [1.807, 2.05) is 60.7 Å². The van der Waals surface area contributed by atoms with Crippen molar-refractivity contribution in [3.63, 3.8) is 0 Å². The molecular formula is C33H32N2O4S. The molecule has 1 atom stereocenters. The molecule has 3 aromatic carbocycles. The molecule has 6 rings (SSSR count). The lowest BCUT2D eigenvalue weighted by molar-refractivity contribution is 0.109. The number of hydrogen-bond donors (Lipinski definition) is 0. The van der Waals surface area contributed by atoms with Crippen LogP contribution in [0.15, 0.2) is 82.0 Å². The number of fused-ring (bicyclic) bond motifs is 5. The van der Waals surface area contributed by atoms with Crippen LogP contribution in [0.2, 0.25) is 0 Å². The van der Waals surface area contributed by atoms with Crippen molar-refractivity contribution < 1.29 is 13.9 Å². The lowest BCUT2D eigenvalue weighted by Gasteiger charge is -2.34. The molecule has 0 saturated heterocycles. The second-order valence-corrected chi connectivity index (χ2v) is 11.2. The SMILES string of the molecule is CCN(CC)c1ccc2c(c1)OC(c1cc3ccc(N(CC)CC)cc3oc1=O)=CC21SC(=O)c2ccccc21. The van der Waals surface area contributed by atoms with E-state index in [2.05, 4.69) is 49.6 Å². The summed E-state index contributed by atoms with van der Waals surface area (Å²) in [6.07, 6.45) is 1.92. The zero-order chi connectivity index (χ0) is 28.0. The maximum atomic E-state index is 13.5. The lowest BCUT2D eigenvalue weighted by Crippen LogP contribution is -2.27. The Morgan fingerprint density at radius 3 is 2.15 bits per heavy atom. The van der Waals surface area contributed by atoms with Crippen LogP contribution >= 0.6 is 11.8 Å². The summed E-state index contributed by atoms with van der Waals surface area (Å²) in [7, 11) is 0. The Bertz CT molecular complexity index is 1720. The second kappa shape index (κ2) is 10.2. The Morgan fingerprint density at radius 2 is 1.43 bits per heavy atom. The third-order valence-electron chi connectivity index (χ3n) is 7.96. The van der Waals surface area contributed by atoms with E-state index in [1.165, 1.54) is 11.8 Å². The Morgan fingerprint density at radius 1 is 0.750 bits per heavy atom. The van der Waals surface area contributed by atoms with Gasteiger partial charge in [0.15, 0.2) is 0 Å². The van der Waals surface area contributed by atoms with Gasteiger partial charge < -0.3 is 19.0 Å². The molecule has 204 valence electrons. The fourth-order valence-electron chi connectivity index (χ4n) is 5.84. The molecule has 7 heteroatoms. The quantitative estimate of drug-likeness (QED) is 0.228. The van der Waals surface area contributed by atoms with Gasteiger partial charge in [-0.2, -0.15) is 0 Å². The van der Waals surface area contributed by atoms with Crippen LogP contribution in [0.5, 0.6) is 5.75 Å². The van der Waals surface area contributed by atoms with Crippen molar-refractivity contribution in [2.45, 2.75) is 32.4 Å². The summed E-state index contributed by atoms with van der Waals surface area (Å²) in [5.74, 6) is 1.03. The highest BCUT2D eigenvalue weighted by molar-refractivity contribution is 8.15. The largest absolute Gasteiger partial charge is 0.456 e. The van der Waals surface area contributed by atoms with Gasteiger partial charge in [0.2, 0.25) is 5.12 Å². The normalized spacial score (nSPS) is 17.4. The second-order valence-electron chi connectivity index (χ2n) is 9.98. The summed E-state index contributed by atoms with van der Waals surface area (Å²) >= 11 is 1.26. The Kier molecular flexibility index (Phi) is 6.70. The monoisotopic (exact) mass is 552 g/mol. The van der Waals surface area contributed by atoms with Gasteiger partial charge in [0.25, 0.3) is 0 Å². The van der Waals surface area contributed by atoms with E-state index in [4.69, 9.17) is 9.15 Å². The standard InChI is InChI=1S/C33H32N2O4S/c1-5-34(6-2)22-14-13-21-17-25(31(36)39-28(21)18-22)30-20-33(26-12-10-9-11-24(26)32(37)40-33)27-16-15-23(19-29(27)38-30)35(7-3)8-4/h9-20H,5-8H2,1-4H3. The van der Waals surface area contributed by atoms with Crippen molar-refractivity contribution in [1.82, 2.24) is 0 Å². The number of rotatable bonds is 7. The number of thioether (sulfide) groups is 1. The molecule has 2 aliphatic heterocycles. The molecule has 0 saturated carbocycles. The molecule has 0 aliphatic carbocycles. The number of hydrogen-bond acceptors (Lipinski definition) is 7. The topological polar surface area (TPSA) is 63.0 Å². The van der Waals surface area contributed by atoms with Crippen LogP contribution in [-0.2, 0) is 4.75 Å². The number of carbonyl (C=O) groups excluding carboxylic acids is 1. The summed E-state index contributed by atoms with van der Waals surface area (Å²) in [5.41, 5.74) is 4.90. The average Bonchev–Trinajstić information content (AvgIpc) is 3.25. The molecule has 1 unspecified atom stereocenters. The molecule has 2 aliphatic rings. The van der Waals surface area contributed by atoms with Crippen molar-refractivity contribution in [2.24, 2.45) is 0 Å². The van der Waals surface area contributed by atoms with Crippen molar-refractivity contribution in [1.29, 1.82) is 0 Å².